The second-order valence-corrected chi connectivity index (χ2v) is 6.14. The van der Waals surface area contributed by atoms with Crippen LogP contribution < -0.4 is 0 Å². The molecule has 0 saturated heterocycles. The van der Waals surface area contributed by atoms with E-state index < -0.39 is 16.8 Å². The molecule has 0 aliphatic heterocycles. The Labute approximate surface area is 125 Å². The predicted octanol–water partition coefficient (Wildman–Crippen LogP) is 3.93. The summed E-state index contributed by atoms with van der Waals surface area (Å²) in [4.78, 5) is 4.06. The molecule has 3 unspecified atom stereocenters. The van der Waals surface area contributed by atoms with Gasteiger partial charge >= 0.3 is 0 Å². The molecule has 0 amide bonds. The van der Waals surface area contributed by atoms with Crippen LogP contribution >= 0.6 is 0 Å². The Hall–Kier alpha value is -1.47. The zero-order chi connectivity index (χ0) is 15.5. The zero-order valence-electron chi connectivity index (χ0n) is 12.8. The molecule has 2 rings (SSSR count). The largest absolute Gasteiger partial charge is 0.382 e. The van der Waals surface area contributed by atoms with Crippen LogP contribution in [0, 0.1) is 28.5 Å². The number of hydrogen-bond acceptors (Lipinski definition) is 3. The Morgan fingerprint density at radius 1 is 1.52 bits per heavy atom. The van der Waals surface area contributed by atoms with Gasteiger partial charge in [0.25, 0.3) is 0 Å². The average molecular weight is 290 g/mol. The van der Waals surface area contributed by atoms with E-state index in [0.717, 1.165) is 25.5 Å². The predicted molar refractivity (Wildman–Crippen MR) is 78.7 cm³/mol. The third-order valence-corrected chi connectivity index (χ3v) is 5.10. The Morgan fingerprint density at radius 3 is 2.81 bits per heavy atom. The van der Waals surface area contributed by atoms with E-state index in [4.69, 9.17) is 0 Å². The van der Waals surface area contributed by atoms with Crippen molar-refractivity contribution in [1.82, 2.24) is 4.98 Å². The molecular formula is C17H23FN2O. The van der Waals surface area contributed by atoms with Gasteiger partial charge in [-0.15, -0.1) is 0 Å². The van der Waals surface area contributed by atoms with Gasteiger partial charge in [-0.25, -0.2) is 4.39 Å². The lowest BCUT2D eigenvalue weighted by molar-refractivity contribution is -0.0946. The number of hydrogen-bond donors (Lipinski definition) is 1. The van der Waals surface area contributed by atoms with Crippen LogP contribution in [-0.2, 0) is 5.60 Å². The van der Waals surface area contributed by atoms with Gasteiger partial charge in [0.1, 0.15) is 11.4 Å². The van der Waals surface area contributed by atoms with Crippen molar-refractivity contribution >= 4 is 0 Å². The van der Waals surface area contributed by atoms with Crippen molar-refractivity contribution in [2.75, 3.05) is 0 Å². The zero-order valence-corrected chi connectivity index (χ0v) is 12.8. The van der Waals surface area contributed by atoms with Crippen molar-refractivity contribution in [3.05, 3.63) is 29.8 Å². The summed E-state index contributed by atoms with van der Waals surface area (Å²) in [5.74, 6) is 0.0233. The topological polar surface area (TPSA) is 56.9 Å². The molecule has 3 atom stereocenters. The maximum Gasteiger partial charge on any atom is 0.141 e. The molecule has 1 N–H and O–H groups in total. The van der Waals surface area contributed by atoms with Crippen LogP contribution in [0.5, 0.6) is 0 Å². The minimum absolute atomic E-state index is 0.398. The van der Waals surface area contributed by atoms with E-state index in [1.807, 2.05) is 6.92 Å². The van der Waals surface area contributed by atoms with Crippen LogP contribution in [0.1, 0.15) is 58.1 Å². The molecule has 0 spiro atoms. The SMILES string of the molecule is CCC1CCCC(C#N)(C(O)(CC)c2ccc(F)cn2)C1. The smallest absolute Gasteiger partial charge is 0.141 e. The van der Waals surface area contributed by atoms with Gasteiger partial charge in [0.15, 0.2) is 0 Å². The Bertz CT molecular complexity index is 525. The second kappa shape index (κ2) is 6.11. The van der Waals surface area contributed by atoms with Crippen molar-refractivity contribution in [3.63, 3.8) is 0 Å². The van der Waals surface area contributed by atoms with Crippen LogP contribution in [0.3, 0.4) is 0 Å². The summed E-state index contributed by atoms with van der Waals surface area (Å²) in [6.45, 7) is 3.99. The molecule has 1 heterocycles. The summed E-state index contributed by atoms with van der Waals surface area (Å²) in [5, 5.41) is 21.1. The van der Waals surface area contributed by atoms with Gasteiger partial charge in [-0.05, 0) is 37.3 Å². The van der Waals surface area contributed by atoms with Crippen molar-refractivity contribution in [1.29, 1.82) is 5.26 Å². The highest BCUT2D eigenvalue weighted by Gasteiger charge is 2.53. The van der Waals surface area contributed by atoms with Crippen molar-refractivity contribution in [3.8, 4) is 6.07 Å². The molecule has 3 nitrogen and oxygen atoms in total. The Balaban J connectivity index is 2.45. The molecule has 0 bridgehead atoms. The van der Waals surface area contributed by atoms with Gasteiger partial charge in [-0.1, -0.05) is 33.1 Å². The van der Waals surface area contributed by atoms with Crippen molar-refractivity contribution in [2.24, 2.45) is 11.3 Å². The van der Waals surface area contributed by atoms with Gasteiger partial charge < -0.3 is 5.11 Å². The maximum absolute atomic E-state index is 13.1. The van der Waals surface area contributed by atoms with E-state index in [1.54, 1.807) is 0 Å². The third kappa shape index (κ3) is 2.67. The molecule has 1 aliphatic carbocycles. The molecule has 1 fully saturated rings. The summed E-state index contributed by atoms with van der Waals surface area (Å²) >= 11 is 0. The lowest BCUT2D eigenvalue weighted by Crippen LogP contribution is -2.48. The van der Waals surface area contributed by atoms with Crippen molar-refractivity contribution in [2.45, 2.75) is 58.0 Å². The number of rotatable bonds is 4. The number of halogens is 1. The van der Waals surface area contributed by atoms with Crippen LogP contribution in [0.2, 0.25) is 0 Å². The number of aliphatic hydroxyl groups is 1. The highest BCUT2D eigenvalue weighted by atomic mass is 19.1. The second-order valence-electron chi connectivity index (χ2n) is 6.14. The molecule has 4 heteroatoms. The molecular weight excluding hydrogens is 267 g/mol. The number of aromatic nitrogens is 1. The quantitative estimate of drug-likeness (QED) is 0.914. The number of nitrogens with zero attached hydrogens (tertiary/aromatic N) is 2. The third-order valence-electron chi connectivity index (χ3n) is 5.10. The fraction of sp³-hybridized carbons (Fsp3) is 0.647. The minimum atomic E-state index is -1.32. The first-order valence-electron chi connectivity index (χ1n) is 7.77. The molecule has 1 aromatic heterocycles. The van der Waals surface area contributed by atoms with E-state index in [-0.39, 0.29) is 0 Å². The molecule has 114 valence electrons. The number of pyridine rings is 1. The summed E-state index contributed by atoms with van der Waals surface area (Å²) in [5.41, 5.74) is -1.74. The summed E-state index contributed by atoms with van der Waals surface area (Å²) in [6.07, 6.45) is 5.93. The highest BCUT2D eigenvalue weighted by molar-refractivity contribution is 5.24. The first-order valence-corrected chi connectivity index (χ1v) is 7.77. The minimum Gasteiger partial charge on any atom is -0.382 e. The number of nitriles is 1. The van der Waals surface area contributed by atoms with Gasteiger partial charge in [0.05, 0.1) is 23.4 Å². The molecule has 0 aromatic carbocycles. The average Bonchev–Trinajstić information content (AvgIpc) is 2.54. The van der Waals surface area contributed by atoms with Crippen LogP contribution in [0.4, 0.5) is 4.39 Å². The van der Waals surface area contributed by atoms with Gasteiger partial charge in [0.2, 0.25) is 0 Å². The van der Waals surface area contributed by atoms with Crippen LogP contribution in [-0.4, -0.2) is 10.1 Å². The molecule has 0 radical (unpaired) electrons. The van der Waals surface area contributed by atoms with E-state index in [9.17, 15) is 14.8 Å². The summed E-state index contributed by atoms with van der Waals surface area (Å²) < 4.78 is 13.1. The molecule has 21 heavy (non-hydrogen) atoms. The van der Waals surface area contributed by atoms with E-state index >= 15 is 0 Å². The van der Waals surface area contributed by atoms with Gasteiger partial charge in [-0.3, -0.25) is 4.98 Å². The lowest BCUT2D eigenvalue weighted by atomic mass is 9.59. The first kappa shape index (κ1) is 15.9. The van der Waals surface area contributed by atoms with Crippen molar-refractivity contribution < 1.29 is 9.50 Å². The molecule has 1 aromatic rings. The summed E-state index contributed by atoms with van der Waals surface area (Å²) in [7, 11) is 0. The fourth-order valence-electron chi connectivity index (χ4n) is 3.69. The van der Waals surface area contributed by atoms with Gasteiger partial charge in [0, 0.05) is 0 Å². The highest BCUT2D eigenvalue weighted by Crippen LogP contribution is 2.52. The van der Waals surface area contributed by atoms with Gasteiger partial charge in [-0.2, -0.15) is 5.26 Å². The summed E-state index contributed by atoms with van der Waals surface area (Å²) in [6, 6.07) is 5.21. The Kier molecular flexibility index (Phi) is 4.63. The van der Waals surface area contributed by atoms with Crippen LogP contribution in [0.15, 0.2) is 18.3 Å². The molecule has 1 saturated carbocycles. The first-order chi connectivity index (χ1) is 10.0. The van der Waals surface area contributed by atoms with Crippen LogP contribution in [0.25, 0.3) is 0 Å². The monoisotopic (exact) mass is 290 g/mol. The Morgan fingerprint density at radius 2 is 2.29 bits per heavy atom. The standard InChI is InChI=1S/C17H23FN2O/c1-3-13-6-5-9-16(10-13,12-19)17(21,4-2)15-8-7-14(18)11-20-15/h7-8,11,13,21H,3-6,9-10H2,1-2H3. The van der Waals surface area contributed by atoms with E-state index in [0.29, 0.717) is 30.9 Å². The molecule has 1 aliphatic rings. The van der Waals surface area contributed by atoms with E-state index in [1.165, 1.54) is 12.1 Å². The van der Waals surface area contributed by atoms with E-state index in [2.05, 4.69) is 18.0 Å². The normalized spacial score (nSPS) is 28.6. The maximum atomic E-state index is 13.1. The lowest BCUT2D eigenvalue weighted by Gasteiger charge is -2.46. The fourth-order valence-corrected chi connectivity index (χ4v) is 3.69.